The number of carbonyl (C=O) groups is 1. The lowest BCUT2D eigenvalue weighted by Gasteiger charge is -2.33. The fraction of sp³-hybridized carbons (Fsp3) is 0.333. The summed E-state index contributed by atoms with van der Waals surface area (Å²) in [5, 5.41) is 5.49. The first-order valence-electron chi connectivity index (χ1n) is 10.5. The number of ether oxygens (including phenoxy) is 3. The molecule has 1 fully saturated rings. The van der Waals surface area contributed by atoms with Crippen molar-refractivity contribution in [3.63, 3.8) is 0 Å². The number of nitrogens with one attached hydrogen (secondary N) is 1. The Morgan fingerprint density at radius 2 is 2.00 bits per heavy atom. The van der Waals surface area contributed by atoms with Crippen LogP contribution in [0.25, 0.3) is 10.6 Å². The van der Waals surface area contributed by atoms with Crippen LogP contribution in [0.3, 0.4) is 0 Å². The van der Waals surface area contributed by atoms with E-state index < -0.39 is 0 Å². The SMILES string of the molecule is COc1ccc(-c2nc(C(=O)NC[C@H]3CN(Cc4ccccc4)CCO3)cs2)cc1OC. The van der Waals surface area contributed by atoms with Crippen molar-refractivity contribution in [1.29, 1.82) is 0 Å². The van der Waals surface area contributed by atoms with Crippen molar-refractivity contribution >= 4 is 17.2 Å². The van der Waals surface area contributed by atoms with Crippen LogP contribution in [0.15, 0.2) is 53.9 Å². The van der Waals surface area contributed by atoms with Gasteiger partial charge in [0.2, 0.25) is 0 Å². The number of nitrogens with zero attached hydrogens (tertiary/aromatic N) is 2. The van der Waals surface area contributed by atoms with Gasteiger partial charge in [-0.25, -0.2) is 4.98 Å². The van der Waals surface area contributed by atoms with E-state index in [1.165, 1.54) is 16.9 Å². The molecule has 0 saturated carbocycles. The number of hydrogen-bond donors (Lipinski definition) is 1. The number of methoxy groups -OCH3 is 2. The van der Waals surface area contributed by atoms with Gasteiger partial charge in [0.25, 0.3) is 5.91 Å². The number of aromatic nitrogens is 1. The van der Waals surface area contributed by atoms with Crippen LogP contribution >= 0.6 is 11.3 Å². The fourth-order valence-electron chi connectivity index (χ4n) is 3.67. The number of benzene rings is 2. The van der Waals surface area contributed by atoms with Gasteiger partial charge in [-0.1, -0.05) is 30.3 Å². The maximum atomic E-state index is 12.6. The second-order valence-electron chi connectivity index (χ2n) is 7.53. The van der Waals surface area contributed by atoms with Crippen molar-refractivity contribution in [2.45, 2.75) is 12.6 Å². The average Bonchev–Trinajstić information content (AvgIpc) is 3.33. The van der Waals surface area contributed by atoms with Gasteiger partial charge < -0.3 is 19.5 Å². The van der Waals surface area contributed by atoms with Crippen LogP contribution < -0.4 is 14.8 Å². The summed E-state index contributed by atoms with van der Waals surface area (Å²) in [7, 11) is 3.19. The monoisotopic (exact) mass is 453 g/mol. The molecule has 1 aliphatic rings. The molecule has 0 bridgehead atoms. The summed E-state index contributed by atoms with van der Waals surface area (Å²) < 4.78 is 16.5. The van der Waals surface area contributed by atoms with Gasteiger partial charge in [-0.3, -0.25) is 9.69 Å². The molecule has 1 saturated heterocycles. The highest BCUT2D eigenvalue weighted by Crippen LogP contribution is 2.33. The summed E-state index contributed by atoms with van der Waals surface area (Å²) in [6.45, 7) is 3.67. The first-order chi connectivity index (χ1) is 15.7. The predicted octanol–water partition coefficient (Wildman–Crippen LogP) is 3.46. The Kier molecular flexibility index (Phi) is 7.36. The number of thiazole rings is 1. The highest BCUT2D eigenvalue weighted by molar-refractivity contribution is 7.13. The Morgan fingerprint density at radius 3 is 2.78 bits per heavy atom. The molecule has 0 spiro atoms. The Bertz CT molecular complexity index is 1040. The molecule has 0 unspecified atom stereocenters. The molecule has 0 aliphatic carbocycles. The van der Waals surface area contributed by atoms with E-state index in [1.807, 2.05) is 24.3 Å². The van der Waals surface area contributed by atoms with E-state index in [1.54, 1.807) is 19.6 Å². The lowest BCUT2D eigenvalue weighted by atomic mass is 10.2. The molecule has 2 heterocycles. The zero-order valence-electron chi connectivity index (χ0n) is 18.2. The molecule has 1 aromatic heterocycles. The van der Waals surface area contributed by atoms with Crippen molar-refractivity contribution in [2.75, 3.05) is 40.5 Å². The molecule has 2 aromatic carbocycles. The smallest absolute Gasteiger partial charge is 0.270 e. The van der Waals surface area contributed by atoms with Crippen LogP contribution in [-0.2, 0) is 11.3 Å². The van der Waals surface area contributed by atoms with Gasteiger partial charge in [0.15, 0.2) is 11.5 Å². The van der Waals surface area contributed by atoms with Crippen molar-refractivity contribution in [2.24, 2.45) is 0 Å². The van der Waals surface area contributed by atoms with Gasteiger partial charge in [0, 0.05) is 37.1 Å². The van der Waals surface area contributed by atoms with Gasteiger partial charge in [0.1, 0.15) is 10.7 Å². The third-order valence-electron chi connectivity index (χ3n) is 5.33. The Morgan fingerprint density at radius 1 is 1.19 bits per heavy atom. The molecule has 32 heavy (non-hydrogen) atoms. The Labute approximate surface area is 191 Å². The fourth-order valence-corrected chi connectivity index (χ4v) is 4.46. The Balaban J connectivity index is 1.32. The number of rotatable bonds is 8. The first kappa shape index (κ1) is 22.3. The van der Waals surface area contributed by atoms with E-state index in [9.17, 15) is 4.79 Å². The number of hydrogen-bond acceptors (Lipinski definition) is 7. The van der Waals surface area contributed by atoms with Gasteiger partial charge in [0.05, 0.1) is 26.9 Å². The van der Waals surface area contributed by atoms with Crippen molar-refractivity contribution < 1.29 is 19.0 Å². The third kappa shape index (κ3) is 5.45. The standard InChI is InChI=1S/C24H27N3O4S/c1-29-21-9-8-18(12-22(21)30-2)24-26-20(16-32-24)23(28)25-13-19-15-27(10-11-31-19)14-17-6-4-3-5-7-17/h3-9,12,16,19H,10-11,13-15H2,1-2H3,(H,25,28)/t19-/m0/s1. The molecule has 1 amide bonds. The maximum Gasteiger partial charge on any atom is 0.270 e. The minimum Gasteiger partial charge on any atom is -0.493 e. The molecular formula is C24H27N3O4S. The first-order valence-corrected chi connectivity index (χ1v) is 11.4. The molecule has 1 N–H and O–H groups in total. The normalized spacial score (nSPS) is 16.5. The molecule has 8 heteroatoms. The summed E-state index contributed by atoms with van der Waals surface area (Å²) in [4.78, 5) is 19.5. The van der Waals surface area contributed by atoms with E-state index >= 15 is 0 Å². The maximum absolute atomic E-state index is 12.6. The number of morpholine rings is 1. The molecule has 1 atom stereocenters. The van der Waals surface area contributed by atoms with E-state index in [0.717, 1.165) is 30.2 Å². The highest BCUT2D eigenvalue weighted by atomic mass is 32.1. The van der Waals surface area contributed by atoms with Crippen molar-refractivity contribution in [1.82, 2.24) is 15.2 Å². The predicted molar refractivity (Wildman–Crippen MR) is 124 cm³/mol. The summed E-state index contributed by atoms with van der Waals surface area (Å²) >= 11 is 1.42. The van der Waals surface area contributed by atoms with Crippen LogP contribution in [0.4, 0.5) is 0 Å². The topological polar surface area (TPSA) is 72.9 Å². The quantitative estimate of drug-likeness (QED) is 0.563. The molecule has 7 nitrogen and oxygen atoms in total. The van der Waals surface area contributed by atoms with E-state index in [4.69, 9.17) is 14.2 Å². The summed E-state index contributed by atoms with van der Waals surface area (Å²) in [6, 6.07) is 16.0. The minimum atomic E-state index is -0.197. The number of carbonyl (C=O) groups excluding carboxylic acids is 1. The van der Waals surface area contributed by atoms with Crippen LogP contribution in [0, 0.1) is 0 Å². The molecule has 4 rings (SSSR count). The van der Waals surface area contributed by atoms with Crippen molar-refractivity contribution in [3.05, 3.63) is 65.2 Å². The number of amides is 1. The molecular weight excluding hydrogens is 426 g/mol. The van der Waals surface area contributed by atoms with Gasteiger partial charge in [-0.05, 0) is 23.8 Å². The molecule has 3 aromatic rings. The lowest BCUT2D eigenvalue weighted by molar-refractivity contribution is -0.0292. The van der Waals surface area contributed by atoms with E-state index in [-0.39, 0.29) is 12.0 Å². The minimum absolute atomic E-state index is 0.0413. The molecule has 168 valence electrons. The van der Waals surface area contributed by atoms with Crippen LogP contribution in [0.5, 0.6) is 11.5 Å². The second kappa shape index (κ2) is 10.6. The molecule has 1 aliphatic heterocycles. The summed E-state index contributed by atoms with van der Waals surface area (Å²) in [6.07, 6.45) is -0.0413. The average molecular weight is 454 g/mol. The van der Waals surface area contributed by atoms with Gasteiger partial charge in [-0.15, -0.1) is 11.3 Å². The van der Waals surface area contributed by atoms with Gasteiger partial charge >= 0.3 is 0 Å². The van der Waals surface area contributed by atoms with Gasteiger partial charge in [-0.2, -0.15) is 0 Å². The Hall–Kier alpha value is -2.94. The van der Waals surface area contributed by atoms with Crippen LogP contribution in [-0.4, -0.2) is 62.4 Å². The van der Waals surface area contributed by atoms with Crippen LogP contribution in [0.2, 0.25) is 0 Å². The zero-order valence-corrected chi connectivity index (χ0v) is 19.1. The zero-order chi connectivity index (χ0) is 22.3. The summed E-state index contributed by atoms with van der Waals surface area (Å²) in [5.41, 5.74) is 2.55. The largest absolute Gasteiger partial charge is 0.493 e. The summed E-state index contributed by atoms with van der Waals surface area (Å²) in [5.74, 6) is 1.08. The molecule has 0 radical (unpaired) electrons. The third-order valence-corrected chi connectivity index (χ3v) is 6.22. The van der Waals surface area contributed by atoms with Crippen molar-refractivity contribution in [3.8, 4) is 22.1 Å². The lowest BCUT2D eigenvalue weighted by Crippen LogP contribution is -2.47. The second-order valence-corrected chi connectivity index (χ2v) is 8.39. The van der Waals surface area contributed by atoms with Crippen LogP contribution in [0.1, 0.15) is 16.1 Å². The van der Waals surface area contributed by atoms with E-state index in [0.29, 0.717) is 30.3 Å². The highest BCUT2D eigenvalue weighted by Gasteiger charge is 2.22. The van der Waals surface area contributed by atoms with E-state index in [2.05, 4.69) is 39.5 Å².